The summed E-state index contributed by atoms with van der Waals surface area (Å²) in [6.07, 6.45) is 1.71. The van der Waals surface area contributed by atoms with Crippen molar-refractivity contribution in [2.45, 2.75) is 5.75 Å². The Balaban J connectivity index is 2.40. The fourth-order valence-electron chi connectivity index (χ4n) is 1.51. The average Bonchev–Trinajstić information content (AvgIpc) is 2.28. The Morgan fingerprint density at radius 3 is 2.88 bits per heavy atom. The molecule has 0 aliphatic carbocycles. The molecule has 2 aromatic rings. The molecule has 84 valence electrons. The van der Waals surface area contributed by atoms with Crippen molar-refractivity contribution in [3.05, 3.63) is 42.1 Å². The molecule has 0 aliphatic heterocycles. The normalized spacial score (nSPS) is 11.8. The van der Waals surface area contributed by atoms with Crippen molar-refractivity contribution in [1.82, 2.24) is 9.71 Å². The van der Waals surface area contributed by atoms with Gasteiger partial charge in [-0.05, 0) is 30.8 Å². The van der Waals surface area contributed by atoms with Crippen LogP contribution in [-0.4, -0.2) is 20.4 Å². The summed E-state index contributed by atoms with van der Waals surface area (Å²) in [7, 11) is -1.80. The summed E-state index contributed by atoms with van der Waals surface area (Å²) in [5.74, 6) is -0.00562. The first kappa shape index (κ1) is 11.0. The highest BCUT2D eigenvalue weighted by atomic mass is 32.2. The minimum Gasteiger partial charge on any atom is -0.256 e. The van der Waals surface area contributed by atoms with E-state index in [1.807, 2.05) is 24.3 Å². The van der Waals surface area contributed by atoms with E-state index in [2.05, 4.69) is 9.71 Å². The molecule has 16 heavy (non-hydrogen) atoms. The molecule has 0 saturated heterocycles. The number of fused-ring (bicyclic) bond motifs is 1. The Labute approximate surface area is 94.4 Å². The average molecular weight is 236 g/mol. The molecule has 0 unspecified atom stereocenters. The summed E-state index contributed by atoms with van der Waals surface area (Å²) < 4.78 is 25.1. The van der Waals surface area contributed by atoms with Crippen LogP contribution in [0.4, 0.5) is 0 Å². The third-order valence-electron chi connectivity index (χ3n) is 2.34. The number of sulfonamides is 1. The molecule has 0 spiro atoms. The van der Waals surface area contributed by atoms with Gasteiger partial charge in [-0.1, -0.05) is 12.1 Å². The van der Waals surface area contributed by atoms with Gasteiger partial charge in [-0.15, -0.1) is 0 Å². The summed E-state index contributed by atoms with van der Waals surface area (Å²) in [5.41, 5.74) is 1.63. The van der Waals surface area contributed by atoms with Gasteiger partial charge in [-0.25, -0.2) is 13.1 Å². The van der Waals surface area contributed by atoms with Gasteiger partial charge in [-0.3, -0.25) is 4.98 Å². The van der Waals surface area contributed by atoms with E-state index in [0.717, 1.165) is 16.5 Å². The largest absolute Gasteiger partial charge is 0.256 e. The van der Waals surface area contributed by atoms with E-state index in [9.17, 15) is 8.42 Å². The summed E-state index contributed by atoms with van der Waals surface area (Å²) in [6.45, 7) is 0. The molecule has 0 aliphatic rings. The Morgan fingerprint density at radius 2 is 2.12 bits per heavy atom. The molecule has 2 rings (SSSR count). The lowest BCUT2D eigenvalue weighted by Crippen LogP contribution is -2.20. The molecule has 1 heterocycles. The molecule has 0 bridgehead atoms. The third kappa shape index (κ3) is 2.37. The first-order valence-corrected chi connectivity index (χ1v) is 6.51. The SMILES string of the molecule is CNS(=O)(=O)Cc1ccc2ncccc2c1. The molecular weight excluding hydrogens is 224 g/mol. The lowest BCUT2D eigenvalue weighted by molar-refractivity contribution is 0.587. The maximum absolute atomic E-state index is 11.4. The molecule has 0 fully saturated rings. The fourth-order valence-corrected chi connectivity index (χ4v) is 2.27. The van der Waals surface area contributed by atoms with E-state index in [-0.39, 0.29) is 5.75 Å². The summed E-state index contributed by atoms with van der Waals surface area (Å²) in [6, 6.07) is 9.20. The lowest BCUT2D eigenvalue weighted by atomic mass is 10.1. The Morgan fingerprint density at radius 1 is 1.31 bits per heavy atom. The second-order valence-electron chi connectivity index (χ2n) is 3.49. The van der Waals surface area contributed by atoms with Gasteiger partial charge in [0.05, 0.1) is 11.3 Å². The molecule has 5 heteroatoms. The number of nitrogens with zero attached hydrogens (tertiary/aromatic N) is 1. The van der Waals surface area contributed by atoms with Gasteiger partial charge in [0, 0.05) is 11.6 Å². The predicted octanol–water partition coefficient (Wildman–Crippen LogP) is 1.28. The number of benzene rings is 1. The Hall–Kier alpha value is -1.46. The van der Waals surface area contributed by atoms with Crippen molar-refractivity contribution in [3.63, 3.8) is 0 Å². The van der Waals surface area contributed by atoms with Crippen LogP contribution in [-0.2, 0) is 15.8 Å². The molecule has 4 nitrogen and oxygen atoms in total. The maximum atomic E-state index is 11.4. The summed E-state index contributed by atoms with van der Waals surface area (Å²) >= 11 is 0. The van der Waals surface area contributed by atoms with Gasteiger partial charge in [0.2, 0.25) is 10.0 Å². The molecule has 1 aromatic heterocycles. The van der Waals surface area contributed by atoms with Crippen LogP contribution in [0.3, 0.4) is 0 Å². The highest BCUT2D eigenvalue weighted by Crippen LogP contribution is 2.14. The van der Waals surface area contributed by atoms with Crippen LogP contribution in [0.5, 0.6) is 0 Å². The fraction of sp³-hybridized carbons (Fsp3) is 0.182. The number of nitrogens with one attached hydrogen (secondary N) is 1. The van der Waals surface area contributed by atoms with E-state index < -0.39 is 10.0 Å². The second-order valence-corrected chi connectivity index (χ2v) is 5.42. The minimum absolute atomic E-state index is 0.00562. The lowest BCUT2D eigenvalue weighted by Gasteiger charge is -2.03. The predicted molar refractivity (Wildman–Crippen MR) is 63.4 cm³/mol. The van der Waals surface area contributed by atoms with Gasteiger partial charge in [0.25, 0.3) is 0 Å². The van der Waals surface area contributed by atoms with Gasteiger partial charge in [0.1, 0.15) is 0 Å². The van der Waals surface area contributed by atoms with Crippen molar-refractivity contribution >= 4 is 20.9 Å². The van der Waals surface area contributed by atoms with E-state index in [4.69, 9.17) is 0 Å². The van der Waals surface area contributed by atoms with Crippen LogP contribution in [0, 0.1) is 0 Å². The second kappa shape index (κ2) is 4.19. The molecule has 0 amide bonds. The van der Waals surface area contributed by atoms with E-state index in [1.165, 1.54) is 7.05 Å². The van der Waals surface area contributed by atoms with Crippen LogP contribution in [0.1, 0.15) is 5.56 Å². The van der Waals surface area contributed by atoms with Crippen molar-refractivity contribution < 1.29 is 8.42 Å². The smallest absolute Gasteiger partial charge is 0.215 e. The number of rotatable bonds is 3. The first-order valence-electron chi connectivity index (χ1n) is 4.85. The molecule has 0 radical (unpaired) electrons. The van der Waals surface area contributed by atoms with Crippen LogP contribution in [0.2, 0.25) is 0 Å². The van der Waals surface area contributed by atoms with Crippen LogP contribution < -0.4 is 4.72 Å². The number of pyridine rings is 1. The van der Waals surface area contributed by atoms with Gasteiger partial charge >= 0.3 is 0 Å². The topological polar surface area (TPSA) is 59.1 Å². The highest BCUT2D eigenvalue weighted by Gasteiger charge is 2.08. The van der Waals surface area contributed by atoms with Crippen molar-refractivity contribution in [2.24, 2.45) is 0 Å². The van der Waals surface area contributed by atoms with Crippen LogP contribution >= 0.6 is 0 Å². The van der Waals surface area contributed by atoms with Crippen molar-refractivity contribution in [1.29, 1.82) is 0 Å². The maximum Gasteiger partial charge on any atom is 0.215 e. The first-order chi connectivity index (χ1) is 7.61. The zero-order valence-corrected chi connectivity index (χ0v) is 9.66. The number of hydrogen-bond acceptors (Lipinski definition) is 3. The molecular formula is C11H12N2O2S. The number of aromatic nitrogens is 1. The highest BCUT2D eigenvalue weighted by molar-refractivity contribution is 7.88. The Kier molecular flexibility index (Phi) is 2.89. The minimum atomic E-state index is -3.21. The van der Waals surface area contributed by atoms with Crippen LogP contribution in [0.25, 0.3) is 10.9 Å². The van der Waals surface area contributed by atoms with E-state index in [1.54, 1.807) is 12.3 Å². The van der Waals surface area contributed by atoms with Gasteiger partial charge in [-0.2, -0.15) is 0 Å². The van der Waals surface area contributed by atoms with E-state index in [0.29, 0.717) is 0 Å². The van der Waals surface area contributed by atoms with Gasteiger partial charge in [0.15, 0.2) is 0 Å². The zero-order valence-electron chi connectivity index (χ0n) is 8.84. The van der Waals surface area contributed by atoms with E-state index >= 15 is 0 Å². The van der Waals surface area contributed by atoms with Gasteiger partial charge < -0.3 is 0 Å². The monoisotopic (exact) mass is 236 g/mol. The zero-order chi connectivity index (χ0) is 11.6. The standard InChI is InChI=1S/C11H12N2O2S/c1-12-16(14,15)8-9-4-5-11-10(7-9)3-2-6-13-11/h2-7,12H,8H2,1H3. The van der Waals surface area contributed by atoms with Crippen molar-refractivity contribution in [3.8, 4) is 0 Å². The van der Waals surface area contributed by atoms with Crippen LogP contribution in [0.15, 0.2) is 36.5 Å². The Bertz CT molecular complexity index is 608. The third-order valence-corrected chi connectivity index (χ3v) is 3.67. The molecule has 1 N–H and O–H groups in total. The molecule has 1 aromatic carbocycles. The quantitative estimate of drug-likeness (QED) is 0.873. The molecule has 0 atom stereocenters. The summed E-state index contributed by atoms with van der Waals surface area (Å²) in [5, 5.41) is 0.950. The summed E-state index contributed by atoms with van der Waals surface area (Å²) in [4.78, 5) is 4.17. The molecule has 0 saturated carbocycles. The van der Waals surface area contributed by atoms with Crippen molar-refractivity contribution in [2.75, 3.05) is 7.05 Å². The number of hydrogen-bond donors (Lipinski definition) is 1.